The van der Waals surface area contributed by atoms with Crippen molar-refractivity contribution in [1.29, 1.82) is 5.26 Å². The number of nitrogens with one attached hydrogen (secondary N) is 1. The number of carbonyl (C=O) groups excluding carboxylic acids is 1. The van der Waals surface area contributed by atoms with Crippen LogP contribution in [0.25, 0.3) is 11.0 Å². The van der Waals surface area contributed by atoms with Gasteiger partial charge in [0.05, 0.1) is 16.6 Å². The number of aromatic amines is 1. The Bertz CT molecular complexity index is 1310. The van der Waals surface area contributed by atoms with Gasteiger partial charge in [0.2, 0.25) is 0 Å². The van der Waals surface area contributed by atoms with E-state index in [0.29, 0.717) is 36.6 Å². The van der Waals surface area contributed by atoms with E-state index in [1.54, 1.807) is 30.1 Å². The van der Waals surface area contributed by atoms with Crippen molar-refractivity contribution in [3.8, 4) is 6.07 Å². The molecule has 2 aromatic carbocycles. The molecule has 1 saturated heterocycles. The summed E-state index contributed by atoms with van der Waals surface area (Å²) in [7, 11) is 0. The van der Waals surface area contributed by atoms with Crippen LogP contribution < -0.4 is 4.90 Å². The highest BCUT2D eigenvalue weighted by atomic mass is 32.2. The summed E-state index contributed by atoms with van der Waals surface area (Å²) in [6.07, 6.45) is 2.54. The number of carbonyl (C=O) groups is 1. The Kier molecular flexibility index (Phi) is 6.45. The number of pyridine rings is 1. The smallest absolute Gasteiger partial charge is 0.253 e. The molecule has 0 bridgehead atoms. The predicted octanol–water partition coefficient (Wildman–Crippen LogP) is 4.47. The molecule has 3 heterocycles. The molecule has 34 heavy (non-hydrogen) atoms. The van der Waals surface area contributed by atoms with Crippen molar-refractivity contribution in [1.82, 2.24) is 19.9 Å². The van der Waals surface area contributed by atoms with Crippen LogP contribution in [0.1, 0.15) is 27.9 Å². The van der Waals surface area contributed by atoms with E-state index in [0.717, 1.165) is 40.5 Å². The van der Waals surface area contributed by atoms with E-state index < -0.39 is 0 Å². The molecule has 1 fully saturated rings. The molecule has 0 spiro atoms. The van der Waals surface area contributed by atoms with E-state index in [4.69, 9.17) is 0 Å². The largest absolute Gasteiger partial charge is 0.354 e. The van der Waals surface area contributed by atoms with E-state index in [-0.39, 0.29) is 5.91 Å². The summed E-state index contributed by atoms with van der Waals surface area (Å²) < 4.78 is 0. The van der Waals surface area contributed by atoms with E-state index in [9.17, 15) is 10.1 Å². The second-order valence-corrected chi connectivity index (χ2v) is 9.13. The third kappa shape index (κ3) is 4.75. The molecule has 0 aliphatic carbocycles. The van der Waals surface area contributed by atoms with Crippen molar-refractivity contribution >= 4 is 34.5 Å². The number of anilines is 1. The molecule has 2 aromatic heterocycles. The molecule has 0 radical (unpaired) electrons. The molecule has 5 rings (SSSR count). The highest BCUT2D eigenvalue weighted by molar-refractivity contribution is 7.98. The first-order valence-corrected chi connectivity index (χ1v) is 12.3. The highest BCUT2D eigenvalue weighted by Gasteiger charge is 2.22. The number of aromatic nitrogens is 3. The van der Waals surface area contributed by atoms with Crippen molar-refractivity contribution in [2.24, 2.45) is 0 Å². The van der Waals surface area contributed by atoms with Crippen LogP contribution >= 0.6 is 11.8 Å². The highest BCUT2D eigenvalue weighted by Crippen LogP contribution is 2.24. The Morgan fingerprint density at radius 1 is 1.03 bits per heavy atom. The van der Waals surface area contributed by atoms with E-state index in [2.05, 4.69) is 25.9 Å². The molecule has 1 amide bonds. The van der Waals surface area contributed by atoms with Crippen LogP contribution in [-0.2, 0) is 5.75 Å². The van der Waals surface area contributed by atoms with E-state index in [1.165, 1.54) is 0 Å². The maximum absolute atomic E-state index is 13.1. The first kappa shape index (κ1) is 22.0. The van der Waals surface area contributed by atoms with Gasteiger partial charge in [0.15, 0.2) is 5.16 Å². The number of rotatable bonds is 5. The molecule has 0 atom stereocenters. The number of para-hydroxylation sites is 2. The number of nitrogens with zero attached hydrogens (tertiary/aromatic N) is 5. The fraction of sp³-hybridized carbons (Fsp3) is 0.231. The number of fused-ring (bicyclic) bond motifs is 1. The topological polar surface area (TPSA) is 88.9 Å². The Morgan fingerprint density at radius 2 is 1.88 bits per heavy atom. The summed E-state index contributed by atoms with van der Waals surface area (Å²) in [6, 6.07) is 21.6. The van der Waals surface area contributed by atoms with E-state index in [1.807, 2.05) is 53.4 Å². The molecule has 1 aliphatic heterocycles. The number of amides is 1. The van der Waals surface area contributed by atoms with Gasteiger partial charge in [0, 0.05) is 43.7 Å². The summed E-state index contributed by atoms with van der Waals surface area (Å²) in [6.45, 7) is 2.72. The lowest BCUT2D eigenvalue weighted by atomic mass is 10.1. The van der Waals surface area contributed by atoms with Gasteiger partial charge in [-0.2, -0.15) is 5.26 Å². The van der Waals surface area contributed by atoms with Crippen LogP contribution in [0, 0.1) is 11.3 Å². The second kappa shape index (κ2) is 9.98. The van der Waals surface area contributed by atoms with Crippen LogP contribution in [0.5, 0.6) is 0 Å². The van der Waals surface area contributed by atoms with Gasteiger partial charge in [-0.3, -0.25) is 4.79 Å². The summed E-state index contributed by atoms with van der Waals surface area (Å²) in [5.74, 6) is 1.52. The average molecular weight is 469 g/mol. The second-order valence-electron chi connectivity index (χ2n) is 8.16. The number of thioether (sulfide) groups is 1. The number of H-pyrrole nitrogens is 1. The maximum Gasteiger partial charge on any atom is 0.253 e. The molecule has 0 saturated carbocycles. The predicted molar refractivity (Wildman–Crippen MR) is 134 cm³/mol. The minimum Gasteiger partial charge on any atom is -0.354 e. The van der Waals surface area contributed by atoms with Gasteiger partial charge in [-0.1, -0.05) is 36.0 Å². The molecule has 1 aliphatic rings. The number of benzene rings is 2. The summed E-state index contributed by atoms with van der Waals surface area (Å²) in [5, 5.41) is 10.3. The van der Waals surface area contributed by atoms with Crippen molar-refractivity contribution in [3.05, 3.63) is 83.6 Å². The lowest BCUT2D eigenvalue weighted by Gasteiger charge is -2.23. The molecule has 170 valence electrons. The number of imidazole rings is 1. The molecule has 4 aromatic rings. The maximum atomic E-state index is 13.1. The Balaban J connectivity index is 1.19. The van der Waals surface area contributed by atoms with Crippen LogP contribution in [-0.4, -0.2) is 51.9 Å². The number of hydrogen-bond donors (Lipinski definition) is 1. The fourth-order valence-corrected chi connectivity index (χ4v) is 4.99. The lowest BCUT2D eigenvalue weighted by molar-refractivity contribution is 0.0767. The average Bonchev–Trinajstić information content (AvgIpc) is 3.15. The molecular weight excluding hydrogens is 444 g/mol. The summed E-state index contributed by atoms with van der Waals surface area (Å²) in [5.41, 5.74) is 4.41. The quantitative estimate of drug-likeness (QED) is 0.435. The zero-order chi connectivity index (χ0) is 23.3. The summed E-state index contributed by atoms with van der Waals surface area (Å²) in [4.78, 5) is 29.5. The Hall–Kier alpha value is -3.83. The van der Waals surface area contributed by atoms with Crippen molar-refractivity contribution in [3.63, 3.8) is 0 Å². The van der Waals surface area contributed by atoms with Crippen molar-refractivity contribution < 1.29 is 4.79 Å². The van der Waals surface area contributed by atoms with Gasteiger partial charge >= 0.3 is 0 Å². The minimum atomic E-state index is 0.0415. The third-order valence-corrected chi connectivity index (χ3v) is 6.88. The zero-order valence-electron chi connectivity index (χ0n) is 18.6. The van der Waals surface area contributed by atoms with Gasteiger partial charge in [-0.25, -0.2) is 9.97 Å². The van der Waals surface area contributed by atoms with Gasteiger partial charge in [0.25, 0.3) is 5.91 Å². The van der Waals surface area contributed by atoms with Crippen molar-refractivity contribution in [2.75, 3.05) is 31.1 Å². The van der Waals surface area contributed by atoms with Crippen LogP contribution in [0.15, 0.2) is 72.0 Å². The van der Waals surface area contributed by atoms with Crippen LogP contribution in [0.2, 0.25) is 0 Å². The first-order valence-electron chi connectivity index (χ1n) is 11.3. The van der Waals surface area contributed by atoms with Crippen molar-refractivity contribution in [2.45, 2.75) is 17.3 Å². The number of hydrogen-bond acceptors (Lipinski definition) is 6. The first-order chi connectivity index (χ1) is 16.7. The van der Waals surface area contributed by atoms with Crippen LogP contribution in [0.3, 0.4) is 0 Å². The van der Waals surface area contributed by atoms with E-state index >= 15 is 0 Å². The Morgan fingerprint density at radius 3 is 2.71 bits per heavy atom. The monoisotopic (exact) mass is 468 g/mol. The standard InChI is InChI=1S/C26H24N6OS/c27-17-21-5-3-12-28-24(21)31-13-4-14-32(16-15-31)25(33)20-10-8-19(9-11-20)18-34-26-29-22-6-1-2-7-23(22)30-26/h1-3,5-12H,4,13-16,18H2,(H,29,30). The number of nitriles is 1. The molecule has 7 nitrogen and oxygen atoms in total. The fourth-order valence-electron chi connectivity index (χ4n) is 4.14. The molecule has 8 heteroatoms. The zero-order valence-corrected chi connectivity index (χ0v) is 19.5. The molecule has 1 N–H and O–H groups in total. The normalized spacial score (nSPS) is 14.1. The minimum absolute atomic E-state index is 0.0415. The third-order valence-electron chi connectivity index (χ3n) is 5.93. The van der Waals surface area contributed by atoms with Gasteiger partial charge in [0.1, 0.15) is 11.9 Å². The van der Waals surface area contributed by atoms with Gasteiger partial charge in [-0.15, -0.1) is 0 Å². The molecular formula is C26H24N6OS. The summed E-state index contributed by atoms with van der Waals surface area (Å²) >= 11 is 1.65. The van der Waals surface area contributed by atoms with Gasteiger partial charge < -0.3 is 14.8 Å². The Labute approximate surface area is 202 Å². The molecule has 0 unspecified atom stereocenters. The SMILES string of the molecule is N#Cc1cccnc1N1CCCN(C(=O)c2ccc(CSc3nc4ccccc4[nH]3)cc2)CC1. The van der Waals surface area contributed by atoms with Gasteiger partial charge in [-0.05, 0) is 48.4 Å². The lowest BCUT2D eigenvalue weighted by Crippen LogP contribution is -2.35. The van der Waals surface area contributed by atoms with Crippen LogP contribution in [0.4, 0.5) is 5.82 Å².